The molecule has 1 saturated heterocycles. The van der Waals surface area contributed by atoms with Gasteiger partial charge in [0.15, 0.2) is 0 Å². The van der Waals surface area contributed by atoms with Crippen LogP contribution in [0, 0.1) is 0 Å². The fraction of sp³-hybridized carbons (Fsp3) is 0.429. The molecule has 0 amide bonds. The monoisotopic (exact) mass is 376 g/mol. The van der Waals surface area contributed by atoms with Gasteiger partial charge < -0.3 is 19.3 Å². The van der Waals surface area contributed by atoms with Crippen LogP contribution in [0.1, 0.15) is 30.4 Å². The van der Waals surface area contributed by atoms with Crippen LogP contribution in [0.15, 0.2) is 42.5 Å². The van der Waals surface area contributed by atoms with Crippen LogP contribution in [0.25, 0.3) is 0 Å². The number of rotatable bonds is 9. The number of halogens is 1. The lowest BCUT2D eigenvalue weighted by molar-refractivity contribution is 0.141. The van der Waals surface area contributed by atoms with Gasteiger partial charge in [-0.15, -0.1) is 0 Å². The Hall–Kier alpha value is -1.75. The van der Waals surface area contributed by atoms with E-state index >= 15 is 0 Å². The molecule has 0 radical (unpaired) electrons. The summed E-state index contributed by atoms with van der Waals surface area (Å²) >= 11 is 6.35. The summed E-state index contributed by atoms with van der Waals surface area (Å²) in [6, 6.07) is 13.9. The molecule has 0 spiro atoms. The molecule has 2 aromatic rings. The Labute approximate surface area is 159 Å². The minimum Gasteiger partial charge on any atom is -0.494 e. The zero-order chi connectivity index (χ0) is 18.2. The second kappa shape index (κ2) is 9.81. The highest BCUT2D eigenvalue weighted by molar-refractivity contribution is 6.31. The molecule has 3 rings (SSSR count). The van der Waals surface area contributed by atoms with Gasteiger partial charge in [0.05, 0.1) is 19.8 Å². The van der Waals surface area contributed by atoms with E-state index in [0.29, 0.717) is 13.2 Å². The highest BCUT2D eigenvalue weighted by atomic mass is 35.5. The summed E-state index contributed by atoms with van der Waals surface area (Å²) in [6.07, 6.45) is 3.43. The summed E-state index contributed by atoms with van der Waals surface area (Å²) in [6.45, 7) is 2.24. The van der Waals surface area contributed by atoms with Gasteiger partial charge in [-0.3, -0.25) is 0 Å². The zero-order valence-corrected chi connectivity index (χ0v) is 15.6. The SMILES string of the molecule is OCCCCOc1ccc(Cl)c(Cc2ccc(OC3CCOC3)cc2)c1. The van der Waals surface area contributed by atoms with Crippen molar-refractivity contribution in [3.8, 4) is 11.5 Å². The van der Waals surface area contributed by atoms with E-state index in [1.54, 1.807) is 0 Å². The molecule has 1 N–H and O–H groups in total. The quantitative estimate of drug-likeness (QED) is 0.664. The molecule has 1 aliphatic rings. The molecule has 0 saturated carbocycles. The van der Waals surface area contributed by atoms with Crippen molar-refractivity contribution in [3.63, 3.8) is 0 Å². The fourth-order valence-electron chi connectivity index (χ4n) is 2.88. The molecule has 0 bridgehead atoms. The molecule has 4 nitrogen and oxygen atoms in total. The van der Waals surface area contributed by atoms with E-state index in [2.05, 4.69) is 12.1 Å². The normalized spacial score (nSPS) is 16.6. The zero-order valence-electron chi connectivity index (χ0n) is 14.8. The molecule has 0 aliphatic carbocycles. The number of aliphatic hydroxyl groups is 1. The molecule has 0 aromatic heterocycles. The van der Waals surface area contributed by atoms with Crippen molar-refractivity contribution in [2.24, 2.45) is 0 Å². The molecular formula is C21H25ClO4. The van der Waals surface area contributed by atoms with Gasteiger partial charge in [-0.2, -0.15) is 0 Å². The topological polar surface area (TPSA) is 47.9 Å². The van der Waals surface area contributed by atoms with Crippen LogP contribution in [0.5, 0.6) is 11.5 Å². The lowest BCUT2D eigenvalue weighted by Crippen LogP contribution is -2.15. The summed E-state index contributed by atoms with van der Waals surface area (Å²) in [5.74, 6) is 1.68. The summed E-state index contributed by atoms with van der Waals surface area (Å²) in [7, 11) is 0. The molecule has 2 aromatic carbocycles. The maximum atomic E-state index is 8.82. The number of hydrogen-bond acceptors (Lipinski definition) is 4. The van der Waals surface area contributed by atoms with Crippen molar-refractivity contribution >= 4 is 11.6 Å². The van der Waals surface area contributed by atoms with Gasteiger partial charge in [0, 0.05) is 18.1 Å². The molecule has 1 atom stereocenters. The minimum absolute atomic E-state index is 0.162. The highest BCUT2D eigenvalue weighted by Gasteiger charge is 2.17. The average Bonchev–Trinajstić information content (AvgIpc) is 3.16. The third-order valence-electron chi connectivity index (χ3n) is 4.35. The van der Waals surface area contributed by atoms with Crippen LogP contribution in [-0.2, 0) is 11.2 Å². The largest absolute Gasteiger partial charge is 0.494 e. The molecule has 1 fully saturated rings. The third-order valence-corrected chi connectivity index (χ3v) is 4.72. The first-order chi connectivity index (χ1) is 12.7. The van der Waals surface area contributed by atoms with Crippen molar-refractivity contribution in [2.45, 2.75) is 31.8 Å². The van der Waals surface area contributed by atoms with Gasteiger partial charge in [-0.25, -0.2) is 0 Å². The number of unbranched alkanes of at least 4 members (excludes halogenated alkanes) is 1. The predicted molar refractivity (Wildman–Crippen MR) is 102 cm³/mol. The van der Waals surface area contributed by atoms with E-state index in [9.17, 15) is 0 Å². The van der Waals surface area contributed by atoms with Crippen molar-refractivity contribution in [1.82, 2.24) is 0 Å². The van der Waals surface area contributed by atoms with Gasteiger partial charge in [0.1, 0.15) is 17.6 Å². The lowest BCUT2D eigenvalue weighted by atomic mass is 10.0. The van der Waals surface area contributed by atoms with Crippen LogP contribution in [0.4, 0.5) is 0 Å². The minimum atomic E-state index is 0.162. The maximum absolute atomic E-state index is 8.82. The number of aliphatic hydroxyl groups excluding tert-OH is 1. The van der Waals surface area contributed by atoms with Crippen LogP contribution in [0.3, 0.4) is 0 Å². The fourth-order valence-corrected chi connectivity index (χ4v) is 3.07. The first-order valence-electron chi connectivity index (χ1n) is 9.10. The molecule has 5 heteroatoms. The molecular weight excluding hydrogens is 352 g/mol. The van der Waals surface area contributed by atoms with Gasteiger partial charge in [-0.1, -0.05) is 23.7 Å². The molecule has 26 heavy (non-hydrogen) atoms. The molecule has 1 aliphatic heterocycles. The Kier molecular flexibility index (Phi) is 7.18. The first kappa shape index (κ1) is 19.0. The van der Waals surface area contributed by atoms with Gasteiger partial charge in [0.2, 0.25) is 0 Å². The number of ether oxygens (including phenoxy) is 3. The van der Waals surface area contributed by atoms with Gasteiger partial charge in [-0.05, 0) is 60.7 Å². The predicted octanol–water partition coefficient (Wildman–Crippen LogP) is 4.25. The van der Waals surface area contributed by atoms with Gasteiger partial charge in [0.25, 0.3) is 0 Å². The lowest BCUT2D eigenvalue weighted by Gasteiger charge is -2.13. The van der Waals surface area contributed by atoms with Crippen molar-refractivity contribution in [3.05, 3.63) is 58.6 Å². The molecule has 1 heterocycles. The van der Waals surface area contributed by atoms with Crippen LogP contribution >= 0.6 is 11.6 Å². The Morgan fingerprint density at radius 3 is 2.62 bits per heavy atom. The number of hydrogen-bond donors (Lipinski definition) is 1. The summed E-state index contributed by atoms with van der Waals surface area (Å²) in [5.41, 5.74) is 2.20. The van der Waals surface area contributed by atoms with E-state index in [1.807, 2.05) is 30.3 Å². The average molecular weight is 377 g/mol. The van der Waals surface area contributed by atoms with E-state index in [-0.39, 0.29) is 12.7 Å². The Bertz CT molecular complexity index is 681. The Balaban J connectivity index is 1.58. The Morgan fingerprint density at radius 2 is 1.88 bits per heavy atom. The second-order valence-corrected chi connectivity index (χ2v) is 6.86. The van der Waals surface area contributed by atoms with Gasteiger partial charge >= 0.3 is 0 Å². The summed E-state index contributed by atoms with van der Waals surface area (Å²) < 4.78 is 17.0. The van der Waals surface area contributed by atoms with E-state index in [1.165, 1.54) is 5.56 Å². The van der Waals surface area contributed by atoms with Crippen molar-refractivity contribution in [1.29, 1.82) is 0 Å². The van der Waals surface area contributed by atoms with Crippen LogP contribution in [-0.4, -0.2) is 37.6 Å². The van der Waals surface area contributed by atoms with E-state index in [4.69, 9.17) is 30.9 Å². The summed E-state index contributed by atoms with van der Waals surface area (Å²) in [4.78, 5) is 0. The van der Waals surface area contributed by atoms with Crippen LogP contribution in [0.2, 0.25) is 5.02 Å². The van der Waals surface area contributed by atoms with Crippen molar-refractivity contribution < 1.29 is 19.3 Å². The van der Waals surface area contributed by atoms with Crippen LogP contribution < -0.4 is 9.47 Å². The maximum Gasteiger partial charge on any atom is 0.124 e. The van der Waals surface area contributed by atoms with E-state index in [0.717, 1.165) is 54.4 Å². The standard InChI is InChI=1S/C21H25ClO4/c22-21-8-7-19(25-11-2-1-10-23)14-17(21)13-16-3-5-18(6-4-16)26-20-9-12-24-15-20/h3-8,14,20,23H,1-2,9-13,15H2. The molecule has 1 unspecified atom stereocenters. The number of benzene rings is 2. The smallest absolute Gasteiger partial charge is 0.124 e. The third kappa shape index (κ3) is 5.63. The van der Waals surface area contributed by atoms with Crippen molar-refractivity contribution in [2.75, 3.05) is 26.4 Å². The first-order valence-corrected chi connectivity index (χ1v) is 9.48. The van der Waals surface area contributed by atoms with E-state index < -0.39 is 0 Å². The second-order valence-electron chi connectivity index (χ2n) is 6.46. The molecule has 140 valence electrons. The highest BCUT2D eigenvalue weighted by Crippen LogP contribution is 2.26. The summed E-state index contributed by atoms with van der Waals surface area (Å²) in [5, 5.41) is 9.55. The Morgan fingerprint density at radius 1 is 1.08 bits per heavy atom.